The molecule has 68 valence electrons. The molecule has 1 N–H and O–H groups in total. The van der Waals surface area contributed by atoms with E-state index in [1.54, 1.807) is 0 Å². The Morgan fingerprint density at radius 3 is 2.69 bits per heavy atom. The molecule has 1 aromatic carbocycles. The molecular formula is C9H11N3O. The van der Waals surface area contributed by atoms with Crippen LogP contribution < -0.4 is 5.43 Å². The van der Waals surface area contributed by atoms with E-state index in [9.17, 15) is 4.79 Å². The number of carbonyl (C=O) groups excluding carboxylic acids is 1. The van der Waals surface area contributed by atoms with Crippen LogP contribution in [0.3, 0.4) is 0 Å². The van der Waals surface area contributed by atoms with Crippen molar-refractivity contribution in [3.63, 3.8) is 0 Å². The lowest BCUT2D eigenvalue weighted by atomic mass is 10.2. The molecule has 0 saturated heterocycles. The van der Waals surface area contributed by atoms with Crippen molar-refractivity contribution in [2.75, 3.05) is 0 Å². The number of nitrogens with zero attached hydrogens (tertiary/aromatic N) is 2. The predicted octanol–water partition coefficient (Wildman–Crippen LogP) is 1.69. The quantitative estimate of drug-likeness (QED) is 0.554. The first-order chi connectivity index (χ1) is 6.29. The van der Waals surface area contributed by atoms with Gasteiger partial charge < -0.3 is 0 Å². The molecule has 13 heavy (non-hydrogen) atoms. The molecule has 4 nitrogen and oxygen atoms in total. The van der Waals surface area contributed by atoms with E-state index in [-0.39, 0.29) is 5.91 Å². The molecule has 0 aliphatic heterocycles. The van der Waals surface area contributed by atoms with Crippen LogP contribution in [-0.2, 0) is 11.3 Å². The van der Waals surface area contributed by atoms with Gasteiger partial charge in [-0.3, -0.25) is 4.79 Å². The Morgan fingerprint density at radius 2 is 2.08 bits per heavy atom. The highest BCUT2D eigenvalue weighted by atomic mass is 16.2. The second-order valence-corrected chi connectivity index (χ2v) is 2.55. The third-order valence-corrected chi connectivity index (χ3v) is 1.37. The molecule has 1 amide bonds. The van der Waals surface area contributed by atoms with E-state index in [2.05, 4.69) is 15.8 Å². The highest BCUT2D eigenvalue weighted by Gasteiger charge is 1.87. The van der Waals surface area contributed by atoms with Gasteiger partial charge in [0.15, 0.2) is 0 Å². The Labute approximate surface area is 76.7 Å². The first kappa shape index (κ1) is 9.38. The van der Waals surface area contributed by atoms with Gasteiger partial charge in [0.25, 0.3) is 0 Å². The zero-order chi connectivity index (χ0) is 9.52. The van der Waals surface area contributed by atoms with Crippen molar-refractivity contribution in [3.05, 3.63) is 35.9 Å². The highest BCUT2D eigenvalue weighted by molar-refractivity contribution is 5.72. The normalized spacial score (nSPS) is 10.2. The monoisotopic (exact) mass is 177 g/mol. The van der Waals surface area contributed by atoms with E-state index < -0.39 is 0 Å². The van der Waals surface area contributed by atoms with Crippen LogP contribution in [-0.4, -0.2) is 5.91 Å². The van der Waals surface area contributed by atoms with Gasteiger partial charge >= 0.3 is 0 Å². The van der Waals surface area contributed by atoms with Gasteiger partial charge in [-0.05, 0) is 5.56 Å². The number of hydrogen-bond donors (Lipinski definition) is 1. The van der Waals surface area contributed by atoms with Crippen LogP contribution in [0.1, 0.15) is 12.5 Å². The molecule has 1 rings (SSSR count). The summed E-state index contributed by atoms with van der Waals surface area (Å²) in [6, 6.07) is 9.71. The molecule has 0 atom stereocenters. The smallest absolute Gasteiger partial charge is 0.238 e. The summed E-state index contributed by atoms with van der Waals surface area (Å²) < 4.78 is 0. The predicted molar refractivity (Wildman–Crippen MR) is 48.8 cm³/mol. The number of benzene rings is 1. The number of hydrogen-bond acceptors (Lipinski definition) is 3. The van der Waals surface area contributed by atoms with Gasteiger partial charge in [0.1, 0.15) is 0 Å². The Hall–Kier alpha value is -1.71. The lowest BCUT2D eigenvalue weighted by Gasteiger charge is -1.93. The zero-order valence-corrected chi connectivity index (χ0v) is 7.40. The van der Waals surface area contributed by atoms with Gasteiger partial charge in [-0.2, -0.15) is 5.11 Å². The summed E-state index contributed by atoms with van der Waals surface area (Å²) in [5.74, 6) is -0.211. The van der Waals surface area contributed by atoms with Crippen molar-refractivity contribution in [2.24, 2.45) is 10.3 Å². The molecule has 0 aliphatic carbocycles. The van der Waals surface area contributed by atoms with E-state index in [4.69, 9.17) is 0 Å². The van der Waals surface area contributed by atoms with Crippen LogP contribution in [0.4, 0.5) is 0 Å². The zero-order valence-electron chi connectivity index (χ0n) is 7.40. The van der Waals surface area contributed by atoms with Crippen molar-refractivity contribution in [3.8, 4) is 0 Å². The fourth-order valence-electron chi connectivity index (χ4n) is 0.806. The molecule has 0 radical (unpaired) electrons. The van der Waals surface area contributed by atoms with E-state index in [0.29, 0.717) is 6.54 Å². The fourth-order valence-corrected chi connectivity index (χ4v) is 0.806. The van der Waals surface area contributed by atoms with Crippen LogP contribution in [0.15, 0.2) is 40.7 Å². The van der Waals surface area contributed by atoms with Crippen LogP contribution >= 0.6 is 0 Å². The second kappa shape index (κ2) is 5.03. The molecule has 0 aromatic heterocycles. The SMILES string of the molecule is CC(=O)NN=NCc1ccccc1. The molecule has 0 bridgehead atoms. The maximum absolute atomic E-state index is 10.4. The molecule has 0 fully saturated rings. The van der Waals surface area contributed by atoms with Gasteiger partial charge in [0.2, 0.25) is 5.91 Å². The average Bonchev–Trinajstić information content (AvgIpc) is 2.14. The maximum atomic E-state index is 10.4. The Morgan fingerprint density at radius 1 is 1.38 bits per heavy atom. The number of nitrogens with one attached hydrogen (secondary N) is 1. The summed E-state index contributed by atoms with van der Waals surface area (Å²) in [4.78, 5) is 10.4. The molecule has 0 saturated carbocycles. The van der Waals surface area contributed by atoms with E-state index in [1.165, 1.54) is 6.92 Å². The fraction of sp³-hybridized carbons (Fsp3) is 0.222. The summed E-state index contributed by atoms with van der Waals surface area (Å²) in [5, 5.41) is 7.27. The lowest BCUT2D eigenvalue weighted by molar-refractivity contribution is -0.119. The summed E-state index contributed by atoms with van der Waals surface area (Å²) in [5.41, 5.74) is 3.30. The van der Waals surface area contributed by atoms with Crippen molar-refractivity contribution in [1.82, 2.24) is 5.43 Å². The minimum absolute atomic E-state index is 0.211. The molecular weight excluding hydrogens is 166 g/mol. The van der Waals surface area contributed by atoms with Crippen LogP contribution in [0.5, 0.6) is 0 Å². The summed E-state index contributed by atoms with van der Waals surface area (Å²) >= 11 is 0. The first-order valence-electron chi connectivity index (χ1n) is 3.96. The van der Waals surface area contributed by atoms with Gasteiger partial charge in [0.05, 0.1) is 6.54 Å². The van der Waals surface area contributed by atoms with Gasteiger partial charge in [0, 0.05) is 6.92 Å². The first-order valence-corrected chi connectivity index (χ1v) is 3.96. The highest BCUT2D eigenvalue weighted by Crippen LogP contribution is 1.99. The minimum Gasteiger partial charge on any atom is -0.273 e. The van der Waals surface area contributed by atoms with Gasteiger partial charge in [-0.25, -0.2) is 5.43 Å². The Balaban J connectivity index is 2.35. The van der Waals surface area contributed by atoms with Crippen LogP contribution in [0, 0.1) is 0 Å². The standard InChI is InChI=1S/C9H11N3O/c1-8(13)11-12-10-7-9-5-3-2-4-6-9/h2-6H,7H2,1H3,(H,10,11,13). The second-order valence-electron chi connectivity index (χ2n) is 2.55. The van der Waals surface area contributed by atoms with Gasteiger partial charge in [-0.15, -0.1) is 0 Å². The third kappa shape index (κ3) is 4.00. The molecule has 0 heterocycles. The molecule has 1 aromatic rings. The minimum atomic E-state index is -0.211. The van der Waals surface area contributed by atoms with Gasteiger partial charge in [-0.1, -0.05) is 35.6 Å². The van der Waals surface area contributed by atoms with Crippen molar-refractivity contribution in [2.45, 2.75) is 13.5 Å². The van der Waals surface area contributed by atoms with Crippen LogP contribution in [0.2, 0.25) is 0 Å². The number of amides is 1. The number of rotatable bonds is 3. The van der Waals surface area contributed by atoms with E-state index in [0.717, 1.165) is 5.56 Å². The Bertz CT molecular complexity index is 295. The topological polar surface area (TPSA) is 53.8 Å². The Kier molecular flexibility index (Phi) is 3.63. The number of carbonyl (C=O) groups is 1. The third-order valence-electron chi connectivity index (χ3n) is 1.37. The summed E-state index contributed by atoms with van der Waals surface area (Å²) in [7, 11) is 0. The average molecular weight is 177 g/mol. The van der Waals surface area contributed by atoms with E-state index in [1.807, 2.05) is 30.3 Å². The molecule has 4 heteroatoms. The van der Waals surface area contributed by atoms with Crippen LogP contribution in [0.25, 0.3) is 0 Å². The lowest BCUT2D eigenvalue weighted by Crippen LogP contribution is -2.10. The molecule has 0 aliphatic rings. The maximum Gasteiger partial charge on any atom is 0.238 e. The van der Waals surface area contributed by atoms with Crippen molar-refractivity contribution < 1.29 is 4.79 Å². The molecule has 0 unspecified atom stereocenters. The largest absolute Gasteiger partial charge is 0.273 e. The molecule has 0 spiro atoms. The van der Waals surface area contributed by atoms with Crippen molar-refractivity contribution in [1.29, 1.82) is 0 Å². The van der Waals surface area contributed by atoms with E-state index >= 15 is 0 Å². The summed E-state index contributed by atoms with van der Waals surface area (Å²) in [6.07, 6.45) is 0. The van der Waals surface area contributed by atoms with Crippen molar-refractivity contribution >= 4 is 5.91 Å². The summed E-state index contributed by atoms with van der Waals surface area (Å²) in [6.45, 7) is 1.88.